The van der Waals surface area contributed by atoms with E-state index in [1.54, 1.807) is 0 Å². The molecule has 2 heterocycles. The minimum absolute atomic E-state index is 0.357. The van der Waals surface area contributed by atoms with Crippen molar-refractivity contribution in [1.29, 1.82) is 0 Å². The number of hydrogen-bond donors (Lipinski definition) is 1. The Morgan fingerprint density at radius 3 is 2.73 bits per heavy atom. The monoisotopic (exact) mass is 212 g/mol. The normalized spacial score (nSPS) is 34.6. The molecule has 0 aliphatic carbocycles. The molecule has 1 N–H and O–H groups in total. The first-order chi connectivity index (χ1) is 7.09. The quantitative estimate of drug-likeness (QED) is 0.704. The average molecular weight is 212 g/mol. The summed E-state index contributed by atoms with van der Waals surface area (Å²) in [5.74, 6) is 0. The topological polar surface area (TPSA) is 24.5 Å². The van der Waals surface area contributed by atoms with Gasteiger partial charge in [-0.3, -0.25) is 4.90 Å². The molecule has 2 fully saturated rings. The summed E-state index contributed by atoms with van der Waals surface area (Å²) in [4.78, 5) is 2.67. The lowest BCUT2D eigenvalue weighted by Crippen LogP contribution is -2.59. The van der Waals surface area contributed by atoms with E-state index in [9.17, 15) is 0 Å². The molecule has 2 saturated heterocycles. The molecule has 15 heavy (non-hydrogen) atoms. The van der Waals surface area contributed by atoms with Crippen molar-refractivity contribution in [1.82, 2.24) is 10.2 Å². The minimum Gasteiger partial charge on any atom is -0.380 e. The van der Waals surface area contributed by atoms with Crippen LogP contribution >= 0.6 is 0 Å². The maximum absolute atomic E-state index is 5.51. The lowest BCUT2D eigenvalue weighted by atomic mass is 9.83. The van der Waals surface area contributed by atoms with E-state index in [4.69, 9.17) is 4.74 Å². The fourth-order valence-corrected chi connectivity index (χ4v) is 2.74. The molecule has 2 atom stereocenters. The van der Waals surface area contributed by atoms with E-state index < -0.39 is 0 Å². The molecule has 0 spiro atoms. The van der Waals surface area contributed by atoms with Crippen LogP contribution in [0.2, 0.25) is 0 Å². The molecule has 2 aliphatic rings. The molecule has 0 amide bonds. The maximum atomic E-state index is 5.51. The molecule has 0 bridgehead atoms. The SMILES string of the molecule is CC(C)(C)C1CNCCN1C1CCOC1. The molecule has 0 saturated carbocycles. The van der Waals surface area contributed by atoms with Gasteiger partial charge in [-0.2, -0.15) is 0 Å². The first-order valence-electron chi connectivity index (χ1n) is 6.13. The number of rotatable bonds is 1. The summed E-state index contributed by atoms with van der Waals surface area (Å²) < 4.78 is 5.51. The highest BCUT2D eigenvalue weighted by molar-refractivity contribution is 4.92. The van der Waals surface area contributed by atoms with Gasteiger partial charge in [-0.05, 0) is 11.8 Å². The molecular formula is C12H24N2O. The summed E-state index contributed by atoms with van der Waals surface area (Å²) in [5.41, 5.74) is 0.357. The highest BCUT2D eigenvalue weighted by atomic mass is 16.5. The third-order valence-electron chi connectivity index (χ3n) is 3.66. The van der Waals surface area contributed by atoms with Gasteiger partial charge in [-0.15, -0.1) is 0 Å². The number of ether oxygens (including phenoxy) is 1. The summed E-state index contributed by atoms with van der Waals surface area (Å²) in [7, 11) is 0. The predicted octanol–water partition coefficient (Wildman–Crippen LogP) is 1.10. The van der Waals surface area contributed by atoms with Crippen LogP contribution in [0.5, 0.6) is 0 Å². The average Bonchev–Trinajstić information content (AvgIpc) is 2.69. The number of nitrogens with one attached hydrogen (secondary N) is 1. The van der Waals surface area contributed by atoms with Crippen LogP contribution in [0.15, 0.2) is 0 Å². The van der Waals surface area contributed by atoms with Gasteiger partial charge in [0.1, 0.15) is 0 Å². The van der Waals surface area contributed by atoms with Crippen LogP contribution in [0.3, 0.4) is 0 Å². The highest BCUT2D eigenvalue weighted by Gasteiger charge is 2.37. The second-order valence-electron chi connectivity index (χ2n) is 5.84. The van der Waals surface area contributed by atoms with Crippen LogP contribution in [0.1, 0.15) is 27.2 Å². The Morgan fingerprint density at radius 2 is 2.13 bits per heavy atom. The van der Waals surface area contributed by atoms with Crippen molar-refractivity contribution in [3.05, 3.63) is 0 Å². The number of nitrogens with zero attached hydrogens (tertiary/aromatic N) is 1. The van der Waals surface area contributed by atoms with Crippen LogP contribution in [0.4, 0.5) is 0 Å². The van der Waals surface area contributed by atoms with Gasteiger partial charge in [0, 0.05) is 38.3 Å². The lowest BCUT2D eigenvalue weighted by molar-refractivity contribution is 0.0323. The third kappa shape index (κ3) is 2.52. The Labute approximate surface area is 93.2 Å². The van der Waals surface area contributed by atoms with Crippen LogP contribution in [-0.4, -0.2) is 49.8 Å². The van der Waals surface area contributed by atoms with Gasteiger partial charge >= 0.3 is 0 Å². The molecule has 2 rings (SSSR count). The first-order valence-corrected chi connectivity index (χ1v) is 6.13. The van der Waals surface area contributed by atoms with Crippen LogP contribution in [0.25, 0.3) is 0 Å². The Morgan fingerprint density at radius 1 is 1.33 bits per heavy atom. The summed E-state index contributed by atoms with van der Waals surface area (Å²) in [6.07, 6.45) is 1.21. The van der Waals surface area contributed by atoms with Crippen molar-refractivity contribution >= 4 is 0 Å². The molecule has 2 aliphatic heterocycles. The van der Waals surface area contributed by atoms with E-state index in [0.717, 1.165) is 26.3 Å². The Balaban J connectivity index is 2.05. The largest absolute Gasteiger partial charge is 0.380 e. The maximum Gasteiger partial charge on any atom is 0.0622 e. The second kappa shape index (κ2) is 4.40. The zero-order chi connectivity index (χ0) is 10.9. The molecule has 0 radical (unpaired) electrons. The molecule has 0 aromatic heterocycles. The predicted molar refractivity (Wildman–Crippen MR) is 62.0 cm³/mol. The van der Waals surface area contributed by atoms with Crippen molar-refractivity contribution in [3.63, 3.8) is 0 Å². The van der Waals surface area contributed by atoms with Crippen molar-refractivity contribution in [2.24, 2.45) is 5.41 Å². The molecule has 0 aromatic rings. The highest BCUT2D eigenvalue weighted by Crippen LogP contribution is 2.28. The fraction of sp³-hybridized carbons (Fsp3) is 1.00. The van der Waals surface area contributed by atoms with Crippen molar-refractivity contribution in [3.8, 4) is 0 Å². The Bertz CT molecular complexity index is 206. The number of piperazine rings is 1. The third-order valence-corrected chi connectivity index (χ3v) is 3.66. The molecule has 88 valence electrons. The first kappa shape index (κ1) is 11.4. The van der Waals surface area contributed by atoms with E-state index >= 15 is 0 Å². The number of hydrogen-bond acceptors (Lipinski definition) is 3. The van der Waals surface area contributed by atoms with Gasteiger partial charge in [0.15, 0.2) is 0 Å². The van der Waals surface area contributed by atoms with Gasteiger partial charge in [-0.25, -0.2) is 0 Å². The van der Waals surface area contributed by atoms with Crippen molar-refractivity contribution in [2.75, 3.05) is 32.8 Å². The van der Waals surface area contributed by atoms with Gasteiger partial charge in [0.05, 0.1) is 6.61 Å². The van der Waals surface area contributed by atoms with Crippen LogP contribution in [-0.2, 0) is 4.74 Å². The Hall–Kier alpha value is -0.120. The molecule has 0 aromatic carbocycles. The molecular weight excluding hydrogens is 188 g/mol. The smallest absolute Gasteiger partial charge is 0.0622 e. The van der Waals surface area contributed by atoms with E-state index in [-0.39, 0.29) is 0 Å². The van der Waals surface area contributed by atoms with Crippen LogP contribution < -0.4 is 5.32 Å². The van der Waals surface area contributed by atoms with Crippen molar-refractivity contribution < 1.29 is 4.74 Å². The summed E-state index contributed by atoms with van der Waals surface area (Å²) in [6, 6.07) is 1.31. The van der Waals surface area contributed by atoms with E-state index in [0.29, 0.717) is 17.5 Å². The van der Waals surface area contributed by atoms with Gasteiger partial charge < -0.3 is 10.1 Å². The zero-order valence-corrected chi connectivity index (χ0v) is 10.3. The molecule has 2 unspecified atom stereocenters. The van der Waals surface area contributed by atoms with Crippen LogP contribution in [0, 0.1) is 5.41 Å². The minimum atomic E-state index is 0.357. The Kier molecular flexibility index (Phi) is 3.33. The van der Waals surface area contributed by atoms with Gasteiger partial charge in [0.25, 0.3) is 0 Å². The molecule has 3 nitrogen and oxygen atoms in total. The summed E-state index contributed by atoms with van der Waals surface area (Å²) in [5, 5.41) is 3.51. The zero-order valence-electron chi connectivity index (χ0n) is 10.3. The lowest BCUT2D eigenvalue weighted by Gasteiger charge is -2.46. The standard InChI is InChI=1S/C12H24N2O/c1-12(2,3)11-8-13-5-6-14(11)10-4-7-15-9-10/h10-11,13H,4-9H2,1-3H3. The van der Waals surface area contributed by atoms with Crippen molar-refractivity contribution in [2.45, 2.75) is 39.3 Å². The van der Waals surface area contributed by atoms with E-state index in [2.05, 4.69) is 31.0 Å². The van der Waals surface area contributed by atoms with E-state index in [1.807, 2.05) is 0 Å². The van der Waals surface area contributed by atoms with Gasteiger partial charge in [-0.1, -0.05) is 20.8 Å². The fourth-order valence-electron chi connectivity index (χ4n) is 2.74. The second-order valence-corrected chi connectivity index (χ2v) is 5.84. The summed E-state index contributed by atoms with van der Waals surface area (Å²) >= 11 is 0. The molecule has 3 heteroatoms. The van der Waals surface area contributed by atoms with Gasteiger partial charge in [0.2, 0.25) is 0 Å². The van der Waals surface area contributed by atoms with E-state index in [1.165, 1.54) is 13.0 Å². The summed E-state index contributed by atoms with van der Waals surface area (Å²) in [6.45, 7) is 12.3.